The third kappa shape index (κ3) is 2.76. The first-order valence-electron chi connectivity index (χ1n) is 6.26. The number of hydrogen-bond acceptors (Lipinski definition) is 2. The maximum atomic E-state index is 2.26. The van der Waals surface area contributed by atoms with Crippen molar-refractivity contribution < 1.29 is 0 Å². The minimum Gasteiger partial charge on any atom is -0.159 e. The first kappa shape index (κ1) is 12.2. The minimum absolute atomic E-state index is 0.634. The predicted molar refractivity (Wildman–Crippen MR) is 83.3 cm³/mol. The van der Waals surface area contributed by atoms with Crippen LogP contribution in [0, 0.1) is 0 Å². The highest BCUT2D eigenvalue weighted by atomic mass is 32.2. The van der Waals surface area contributed by atoms with Crippen LogP contribution in [-0.4, -0.2) is 11.5 Å². The van der Waals surface area contributed by atoms with Crippen molar-refractivity contribution in [3.8, 4) is 0 Å². The van der Waals surface area contributed by atoms with E-state index in [0.717, 1.165) is 0 Å². The van der Waals surface area contributed by atoms with Crippen LogP contribution in [0.1, 0.15) is 21.6 Å². The van der Waals surface area contributed by atoms with E-state index >= 15 is 0 Å². The lowest BCUT2D eigenvalue weighted by molar-refractivity contribution is 1.02. The summed E-state index contributed by atoms with van der Waals surface area (Å²) < 4.78 is 0. The van der Waals surface area contributed by atoms with Gasteiger partial charge in [0.05, 0.1) is 0 Å². The van der Waals surface area contributed by atoms with E-state index in [4.69, 9.17) is 0 Å². The molecule has 0 spiro atoms. The molecule has 1 aliphatic rings. The van der Waals surface area contributed by atoms with Crippen LogP contribution in [-0.2, 0) is 0 Å². The smallest absolute Gasteiger partial charge is 0.0394 e. The van der Waals surface area contributed by atoms with E-state index in [-0.39, 0.29) is 0 Å². The Morgan fingerprint density at radius 2 is 1.11 bits per heavy atom. The molecule has 1 aliphatic heterocycles. The molecule has 0 saturated carbocycles. The van der Waals surface area contributed by atoms with Crippen LogP contribution in [0.3, 0.4) is 0 Å². The van der Waals surface area contributed by atoms with Crippen LogP contribution in [0.15, 0.2) is 60.7 Å². The Kier molecular flexibility index (Phi) is 3.96. The highest BCUT2D eigenvalue weighted by Gasteiger charge is 2.24. The Bertz CT molecular complexity index is 435. The summed E-state index contributed by atoms with van der Waals surface area (Å²) in [4.78, 5) is 0. The van der Waals surface area contributed by atoms with Crippen molar-refractivity contribution in [3.05, 3.63) is 71.8 Å². The highest BCUT2D eigenvalue weighted by molar-refractivity contribution is 8.06. The number of hydrogen-bond donors (Lipinski definition) is 0. The zero-order chi connectivity index (χ0) is 12.2. The molecule has 2 aromatic carbocycles. The number of rotatable bonds is 2. The van der Waals surface area contributed by atoms with Crippen LogP contribution in [0.25, 0.3) is 0 Å². The van der Waals surface area contributed by atoms with Crippen LogP contribution < -0.4 is 0 Å². The highest BCUT2D eigenvalue weighted by Crippen LogP contribution is 2.47. The van der Waals surface area contributed by atoms with Gasteiger partial charge in [0.2, 0.25) is 0 Å². The average molecular weight is 272 g/mol. The quantitative estimate of drug-likeness (QED) is 0.758. The van der Waals surface area contributed by atoms with Crippen molar-refractivity contribution in [2.75, 3.05) is 11.5 Å². The van der Waals surface area contributed by atoms with Gasteiger partial charge < -0.3 is 0 Å². The Hall–Kier alpha value is -0.860. The molecule has 1 saturated heterocycles. The van der Waals surface area contributed by atoms with E-state index < -0.39 is 0 Å². The first-order valence-corrected chi connectivity index (χ1v) is 8.36. The molecule has 2 atom stereocenters. The molecule has 0 unspecified atom stereocenters. The lowest BCUT2D eigenvalue weighted by atomic mass is 10.1. The molecule has 18 heavy (non-hydrogen) atoms. The zero-order valence-corrected chi connectivity index (χ0v) is 11.8. The van der Waals surface area contributed by atoms with E-state index in [1.807, 2.05) is 0 Å². The molecule has 1 heterocycles. The molecule has 1 fully saturated rings. The fraction of sp³-hybridized carbons (Fsp3) is 0.250. The van der Waals surface area contributed by atoms with Crippen LogP contribution in [0.2, 0.25) is 0 Å². The summed E-state index contributed by atoms with van der Waals surface area (Å²) in [5, 5.41) is 1.27. The molecular weight excluding hydrogens is 256 g/mol. The van der Waals surface area contributed by atoms with Crippen molar-refractivity contribution in [3.63, 3.8) is 0 Å². The zero-order valence-electron chi connectivity index (χ0n) is 10.2. The molecule has 2 aromatic rings. The summed E-state index contributed by atoms with van der Waals surface area (Å²) >= 11 is 4.20. The van der Waals surface area contributed by atoms with Crippen LogP contribution >= 0.6 is 23.5 Å². The topological polar surface area (TPSA) is 0 Å². The van der Waals surface area contributed by atoms with E-state index in [0.29, 0.717) is 10.5 Å². The fourth-order valence-electron chi connectivity index (χ4n) is 2.24. The monoisotopic (exact) mass is 272 g/mol. The summed E-state index contributed by atoms with van der Waals surface area (Å²) in [6.07, 6.45) is 0. The first-order chi connectivity index (χ1) is 8.93. The van der Waals surface area contributed by atoms with E-state index in [9.17, 15) is 0 Å². The third-order valence-electron chi connectivity index (χ3n) is 3.21. The molecule has 0 aliphatic carbocycles. The van der Waals surface area contributed by atoms with Crippen molar-refractivity contribution in [2.45, 2.75) is 10.5 Å². The van der Waals surface area contributed by atoms with Gasteiger partial charge in [-0.2, -0.15) is 11.8 Å². The van der Waals surface area contributed by atoms with Gasteiger partial charge >= 0.3 is 0 Å². The Morgan fingerprint density at radius 1 is 0.667 bits per heavy atom. The second-order valence-electron chi connectivity index (χ2n) is 4.47. The average Bonchev–Trinajstić information content (AvgIpc) is 2.49. The summed E-state index contributed by atoms with van der Waals surface area (Å²) in [6, 6.07) is 21.8. The molecule has 0 amide bonds. The van der Waals surface area contributed by atoms with Gasteiger partial charge in [-0.05, 0) is 11.1 Å². The van der Waals surface area contributed by atoms with Gasteiger partial charge in [0.1, 0.15) is 0 Å². The fourth-order valence-corrected chi connectivity index (χ4v) is 5.42. The largest absolute Gasteiger partial charge is 0.159 e. The van der Waals surface area contributed by atoms with E-state index in [1.54, 1.807) is 0 Å². The lowest BCUT2D eigenvalue weighted by Gasteiger charge is -2.29. The van der Waals surface area contributed by atoms with Gasteiger partial charge in [0.25, 0.3) is 0 Å². The predicted octanol–water partition coefficient (Wildman–Crippen LogP) is 4.95. The lowest BCUT2D eigenvalue weighted by Crippen LogP contribution is -2.11. The summed E-state index contributed by atoms with van der Waals surface area (Å²) in [5.74, 6) is 2.47. The maximum absolute atomic E-state index is 2.26. The van der Waals surface area contributed by atoms with E-state index in [2.05, 4.69) is 84.2 Å². The van der Waals surface area contributed by atoms with Crippen molar-refractivity contribution in [2.24, 2.45) is 0 Å². The Labute approximate surface area is 117 Å². The second-order valence-corrected chi connectivity index (χ2v) is 6.96. The van der Waals surface area contributed by atoms with Gasteiger partial charge in [-0.3, -0.25) is 0 Å². The summed E-state index contributed by atoms with van der Waals surface area (Å²) in [7, 11) is 0. The molecule has 0 nitrogen and oxygen atoms in total. The second kappa shape index (κ2) is 5.85. The summed E-state index contributed by atoms with van der Waals surface area (Å²) in [5.41, 5.74) is 2.94. The van der Waals surface area contributed by atoms with Crippen molar-refractivity contribution in [1.29, 1.82) is 0 Å². The molecule has 0 bridgehead atoms. The SMILES string of the molecule is c1ccc([C@H]2CSC[C@H](c3ccccc3)S2)cc1. The molecule has 0 radical (unpaired) electrons. The normalized spacial score (nSPS) is 23.8. The van der Waals surface area contributed by atoms with Crippen LogP contribution in [0.4, 0.5) is 0 Å². The molecular formula is C16H16S2. The molecule has 2 heteroatoms. The summed E-state index contributed by atoms with van der Waals surface area (Å²) in [6.45, 7) is 0. The van der Waals surface area contributed by atoms with Crippen molar-refractivity contribution >= 4 is 23.5 Å². The molecule has 0 aromatic heterocycles. The Morgan fingerprint density at radius 3 is 1.56 bits per heavy atom. The van der Waals surface area contributed by atoms with Gasteiger partial charge in [0, 0.05) is 22.0 Å². The van der Waals surface area contributed by atoms with Gasteiger partial charge in [0.15, 0.2) is 0 Å². The maximum Gasteiger partial charge on any atom is 0.0394 e. The Balaban J connectivity index is 1.77. The number of thioether (sulfide) groups is 2. The van der Waals surface area contributed by atoms with Crippen LogP contribution in [0.5, 0.6) is 0 Å². The van der Waals surface area contributed by atoms with Gasteiger partial charge in [-0.1, -0.05) is 60.7 Å². The molecule has 0 N–H and O–H groups in total. The van der Waals surface area contributed by atoms with Crippen molar-refractivity contribution in [1.82, 2.24) is 0 Å². The standard InChI is InChI=1S/C16H16S2/c1-3-7-13(8-4-1)15-11-17-12-16(18-15)14-9-5-2-6-10-14/h1-10,15-16H,11-12H2/t15-,16-/m1/s1. The van der Waals surface area contributed by atoms with Gasteiger partial charge in [-0.25, -0.2) is 0 Å². The minimum atomic E-state index is 0.634. The van der Waals surface area contributed by atoms with E-state index in [1.165, 1.54) is 22.6 Å². The molecule has 3 rings (SSSR count). The molecule has 92 valence electrons. The van der Waals surface area contributed by atoms with Gasteiger partial charge in [-0.15, -0.1) is 11.8 Å². The third-order valence-corrected chi connectivity index (χ3v) is 6.30. The number of benzene rings is 2.